The van der Waals surface area contributed by atoms with E-state index in [0.717, 1.165) is 6.42 Å². The van der Waals surface area contributed by atoms with Gasteiger partial charge in [-0.15, -0.1) is 0 Å². The maximum atomic E-state index is 9.60. The van der Waals surface area contributed by atoms with Crippen LogP contribution < -0.4 is 5.32 Å². The second-order valence-corrected chi connectivity index (χ2v) is 1.66. The van der Waals surface area contributed by atoms with Crippen LogP contribution in [0.15, 0.2) is 0 Å². The topological polar surface area (TPSA) is 62.1 Å². The third-order valence-corrected chi connectivity index (χ3v) is 0.888. The number of carbonyl (C=O) groups excluding carboxylic acids is 1. The van der Waals surface area contributed by atoms with Crippen molar-refractivity contribution in [3.63, 3.8) is 0 Å². The molecule has 0 fully saturated rings. The SMILES string of the molecule is N#CCNCCCOC=O. The molecule has 0 bridgehead atoms. The maximum Gasteiger partial charge on any atom is 0.293 e. The largest absolute Gasteiger partial charge is 0.468 e. The molecule has 0 rings (SSSR count). The smallest absolute Gasteiger partial charge is 0.293 e. The highest BCUT2D eigenvalue weighted by molar-refractivity contribution is 5.36. The molecule has 0 aliphatic heterocycles. The minimum Gasteiger partial charge on any atom is -0.468 e. The normalized spacial score (nSPS) is 8.30. The first kappa shape index (κ1) is 8.92. The van der Waals surface area contributed by atoms with Gasteiger partial charge in [-0.1, -0.05) is 0 Å². The number of nitrogens with zero attached hydrogens (tertiary/aromatic N) is 1. The van der Waals surface area contributed by atoms with Gasteiger partial charge in [-0.05, 0) is 13.0 Å². The molecule has 0 radical (unpaired) electrons. The molecule has 0 aliphatic rings. The average molecular weight is 142 g/mol. The van der Waals surface area contributed by atoms with Crippen molar-refractivity contribution in [2.24, 2.45) is 0 Å². The zero-order valence-electron chi connectivity index (χ0n) is 5.67. The summed E-state index contributed by atoms with van der Waals surface area (Å²) in [4.78, 5) is 9.60. The third-order valence-electron chi connectivity index (χ3n) is 0.888. The molecule has 0 heterocycles. The van der Waals surface area contributed by atoms with Gasteiger partial charge in [-0.2, -0.15) is 5.26 Å². The van der Waals surface area contributed by atoms with E-state index in [0.29, 0.717) is 26.2 Å². The molecule has 0 aliphatic carbocycles. The van der Waals surface area contributed by atoms with Crippen molar-refractivity contribution in [3.8, 4) is 6.07 Å². The monoisotopic (exact) mass is 142 g/mol. The average Bonchev–Trinajstić information content (AvgIpc) is 1.97. The molecule has 0 spiro atoms. The van der Waals surface area contributed by atoms with Gasteiger partial charge in [0.05, 0.1) is 19.2 Å². The minimum absolute atomic E-state index is 0.348. The summed E-state index contributed by atoms with van der Waals surface area (Å²) in [7, 11) is 0. The molecule has 4 heteroatoms. The summed E-state index contributed by atoms with van der Waals surface area (Å²) in [6, 6.07) is 1.94. The van der Waals surface area contributed by atoms with Crippen molar-refractivity contribution in [1.82, 2.24) is 5.32 Å². The lowest BCUT2D eigenvalue weighted by atomic mass is 10.4. The van der Waals surface area contributed by atoms with Crippen molar-refractivity contribution in [3.05, 3.63) is 0 Å². The summed E-state index contributed by atoms with van der Waals surface area (Å²) in [5.41, 5.74) is 0. The number of hydrogen-bond donors (Lipinski definition) is 1. The van der Waals surface area contributed by atoms with Crippen molar-refractivity contribution in [1.29, 1.82) is 5.26 Å². The van der Waals surface area contributed by atoms with Crippen LogP contribution in [-0.4, -0.2) is 26.2 Å². The Balaban J connectivity index is 2.78. The molecule has 0 aromatic rings. The van der Waals surface area contributed by atoms with Crippen LogP contribution in [0, 0.1) is 11.3 Å². The maximum absolute atomic E-state index is 9.60. The van der Waals surface area contributed by atoms with E-state index in [-0.39, 0.29) is 0 Å². The Kier molecular flexibility index (Phi) is 7.06. The van der Waals surface area contributed by atoms with Crippen molar-refractivity contribution in [2.45, 2.75) is 6.42 Å². The highest BCUT2D eigenvalue weighted by Crippen LogP contribution is 1.75. The minimum atomic E-state index is 0.348. The number of nitrogens with one attached hydrogen (secondary N) is 1. The number of ether oxygens (including phenoxy) is 1. The van der Waals surface area contributed by atoms with Gasteiger partial charge in [0.15, 0.2) is 0 Å². The van der Waals surface area contributed by atoms with E-state index in [1.165, 1.54) is 0 Å². The second kappa shape index (κ2) is 7.92. The number of rotatable bonds is 6. The van der Waals surface area contributed by atoms with Gasteiger partial charge in [-0.25, -0.2) is 0 Å². The number of nitriles is 1. The van der Waals surface area contributed by atoms with Gasteiger partial charge in [0.25, 0.3) is 6.47 Å². The van der Waals surface area contributed by atoms with Crippen LogP contribution in [-0.2, 0) is 9.53 Å². The van der Waals surface area contributed by atoms with Gasteiger partial charge in [0.2, 0.25) is 0 Å². The highest BCUT2D eigenvalue weighted by Gasteiger charge is 1.85. The Labute approximate surface area is 59.8 Å². The van der Waals surface area contributed by atoms with Crippen LogP contribution in [0.5, 0.6) is 0 Å². The van der Waals surface area contributed by atoms with E-state index >= 15 is 0 Å². The molecule has 0 aromatic heterocycles. The summed E-state index contributed by atoms with van der Waals surface area (Å²) in [6.45, 7) is 1.90. The van der Waals surface area contributed by atoms with Gasteiger partial charge >= 0.3 is 0 Å². The Bertz CT molecular complexity index is 119. The van der Waals surface area contributed by atoms with Crippen LogP contribution >= 0.6 is 0 Å². The zero-order chi connectivity index (χ0) is 7.66. The van der Waals surface area contributed by atoms with Crippen LogP contribution in [0.4, 0.5) is 0 Å². The first-order chi connectivity index (χ1) is 4.91. The quantitative estimate of drug-likeness (QED) is 0.313. The molecule has 0 unspecified atom stereocenters. The molecule has 0 amide bonds. The van der Waals surface area contributed by atoms with E-state index < -0.39 is 0 Å². The third kappa shape index (κ3) is 6.92. The first-order valence-corrected chi connectivity index (χ1v) is 3.04. The van der Waals surface area contributed by atoms with Crippen molar-refractivity contribution < 1.29 is 9.53 Å². The van der Waals surface area contributed by atoms with E-state index in [9.17, 15) is 4.79 Å². The Morgan fingerprint density at radius 1 is 1.70 bits per heavy atom. The van der Waals surface area contributed by atoms with Crippen LogP contribution in [0.1, 0.15) is 6.42 Å². The molecular formula is C6H10N2O2. The Hall–Kier alpha value is -1.08. The fourth-order valence-corrected chi connectivity index (χ4v) is 0.473. The lowest BCUT2D eigenvalue weighted by Gasteiger charge is -1.97. The molecule has 0 saturated heterocycles. The highest BCUT2D eigenvalue weighted by atomic mass is 16.5. The molecule has 0 saturated carbocycles. The second-order valence-electron chi connectivity index (χ2n) is 1.66. The van der Waals surface area contributed by atoms with Crippen molar-refractivity contribution >= 4 is 6.47 Å². The molecule has 1 N–H and O–H groups in total. The van der Waals surface area contributed by atoms with Crippen LogP contribution in [0.3, 0.4) is 0 Å². The van der Waals surface area contributed by atoms with Crippen molar-refractivity contribution in [2.75, 3.05) is 19.7 Å². The van der Waals surface area contributed by atoms with Gasteiger partial charge in [0, 0.05) is 0 Å². The molecule has 4 nitrogen and oxygen atoms in total. The predicted molar refractivity (Wildman–Crippen MR) is 35.1 cm³/mol. The van der Waals surface area contributed by atoms with Gasteiger partial charge in [-0.3, -0.25) is 4.79 Å². The molecule has 10 heavy (non-hydrogen) atoms. The molecule has 0 aromatic carbocycles. The van der Waals surface area contributed by atoms with Crippen LogP contribution in [0.25, 0.3) is 0 Å². The summed E-state index contributed by atoms with van der Waals surface area (Å²) >= 11 is 0. The Morgan fingerprint density at radius 2 is 2.50 bits per heavy atom. The van der Waals surface area contributed by atoms with Gasteiger partial charge in [0.1, 0.15) is 0 Å². The van der Waals surface area contributed by atoms with Crippen LogP contribution in [0.2, 0.25) is 0 Å². The Morgan fingerprint density at radius 3 is 3.10 bits per heavy atom. The fraction of sp³-hybridized carbons (Fsp3) is 0.667. The number of carbonyl (C=O) groups is 1. The van der Waals surface area contributed by atoms with E-state index in [1.807, 2.05) is 6.07 Å². The first-order valence-electron chi connectivity index (χ1n) is 3.04. The summed E-state index contributed by atoms with van der Waals surface area (Å²) < 4.78 is 4.41. The van der Waals surface area contributed by atoms with E-state index in [2.05, 4.69) is 10.1 Å². The summed E-state index contributed by atoms with van der Waals surface area (Å²) in [5.74, 6) is 0. The summed E-state index contributed by atoms with van der Waals surface area (Å²) in [5, 5.41) is 10.9. The summed E-state index contributed by atoms with van der Waals surface area (Å²) in [6.07, 6.45) is 0.750. The zero-order valence-corrected chi connectivity index (χ0v) is 5.67. The molecular weight excluding hydrogens is 132 g/mol. The lowest BCUT2D eigenvalue weighted by molar-refractivity contribution is -0.128. The van der Waals surface area contributed by atoms with E-state index in [1.54, 1.807) is 0 Å². The van der Waals surface area contributed by atoms with E-state index in [4.69, 9.17) is 5.26 Å². The lowest BCUT2D eigenvalue weighted by Crippen LogP contribution is -2.16. The molecule has 56 valence electrons. The molecule has 0 atom stereocenters. The number of hydrogen-bond acceptors (Lipinski definition) is 4. The van der Waals surface area contributed by atoms with Gasteiger partial charge < -0.3 is 10.1 Å². The fourth-order valence-electron chi connectivity index (χ4n) is 0.473. The standard InChI is InChI=1S/C6H10N2O2/c7-2-4-8-3-1-5-10-6-9/h6,8H,1,3-5H2. The predicted octanol–water partition coefficient (Wildman–Crippen LogP) is -0.337.